The van der Waals surface area contributed by atoms with Crippen LogP contribution in [-0.4, -0.2) is 16.2 Å². The smallest absolute Gasteiger partial charge is 0.0955 e. The largest absolute Gasteiger partial charge is 0.501 e. The van der Waals surface area contributed by atoms with E-state index in [2.05, 4.69) is 17.1 Å². The molecule has 0 aliphatic carbocycles. The first kappa shape index (κ1) is 11.5. The summed E-state index contributed by atoms with van der Waals surface area (Å²) < 4.78 is 7.22. The van der Waals surface area contributed by atoms with Gasteiger partial charge in [0.25, 0.3) is 0 Å². The van der Waals surface area contributed by atoms with Crippen LogP contribution in [0.1, 0.15) is 12.6 Å². The molecule has 17 heavy (non-hydrogen) atoms. The molecule has 0 saturated heterocycles. The molecular weight excluding hydrogens is 212 g/mol. The highest BCUT2D eigenvalue weighted by molar-refractivity contribution is 5.70. The van der Waals surface area contributed by atoms with Crippen LogP contribution in [0.3, 0.4) is 0 Å². The monoisotopic (exact) mass is 228 g/mol. The molecule has 0 radical (unpaired) electrons. The number of ether oxygens (including phenoxy) is 1. The molecular formula is C14H16N2O. The quantitative estimate of drug-likeness (QED) is 0.752. The molecule has 1 aromatic carbocycles. The predicted octanol–water partition coefficient (Wildman–Crippen LogP) is 3.09. The fourth-order valence-electron chi connectivity index (χ4n) is 1.73. The molecule has 3 heteroatoms. The maximum absolute atomic E-state index is 5.21. The van der Waals surface area contributed by atoms with Crippen molar-refractivity contribution in [2.45, 2.75) is 6.92 Å². The molecule has 0 unspecified atom stereocenters. The Bertz CT molecular complexity index is 500. The van der Waals surface area contributed by atoms with Crippen LogP contribution in [0.5, 0.6) is 0 Å². The van der Waals surface area contributed by atoms with Gasteiger partial charge in [-0.3, -0.25) is 0 Å². The van der Waals surface area contributed by atoms with Crippen LogP contribution in [0.2, 0.25) is 0 Å². The van der Waals surface area contributed by atoms with E-state index in [4.69, 9.17) is 4.74 Å². The third-order valence-corrected chi connectivity index (χ3v) is 2.50. The Hall–Kier alpha value is -2.03. The fraction of sp³-hybridized carbons (Fsp3) is 0.214. The van der Waals surface area contributed by atoms with Crippen molar-refractivity contribution in [3.8, 4) is 11.3 Å². The molecule has 3 nitrogen and oxygen atoms in total. The minimum atomic E-state index is 0.671. The van der Waals surface area contributed by atoms with Crippen LogP contribution in [-0.2, 0) is 11.8 Å². The molecule has 1 aromatic heterocycles. The standard InChI is InChI=1S/C14H16N2O/c1-3-17-10-9-13-14(16(2)11-15-13)12-7-5-4-6-8-12/h4-11H,3H2,1-2H3/b10-9+. The summed E-state index contributed by atoms with van der Waals surface area (Å²) in [5.41, 5.74) is 3.18. The molecule has 0 aliphatic rings. The number of aryl methyl sites for hydroxylation is 1. The van der Waals surface area contributed by atoms with Gasteiger partial charge in [-0.05, 0) is 6.92 Å². The van der Waals surface area contributed by atoms with Gasteiger partial charge in [0, 0.05) is 18.7 Å². The molecule has 0 amide bonds. The van der Waals surface area contributed by atoms with Crippen LogP contribution in [0.25, 0.3) is 17.3 Å². The molecule has 0 atom stereocenters. The first-order valence-electron chi connectivity index (χ1n) is 5.68. The second-order valence-electron chi connectivity index (χ2n) is 3.71. The van der Waals surface area contributed by atoms with Crippen molar-refractivity contribution in [2.75, 3.05) is 6.61 Å². The van der Waals surface area contributed by atoms with Crippen molar-refractivity contribution in [1.82, 2.24) is 9.55 Å². The van der Waals surface area contributed by atoms with Gasteiger partial charge in [0.1, 0.15) is 0 Å². The van der Waals surface area contributed by atoms with Gasteiger partial charge in [-0.25, -0.2) is 4.98 Å². The highest BCUT2D eigenvalue weighted by Gasteiger charge is 2.07. The number of imidazole rings is 1. The molecule has 0 fully saturated rings. The zero-order chi connectivity index (χ0) is 12.1. The third-order valence-electron chi connectivity index (χ3n) is 2.50. The first-order chi connectivity index (χ1) is 8.33. The highest BCUT2D eigenvalue weighted by atomic mass is 16.5. The van der Waals surface area contributed by atoms with Gasteiger partial charge in [0.05, 0.1) is 30.6 Å². The number of nitrogens with zero attached hydrogens (tertiary/aromatic N) is 2. The van der Waals surface area contributed by atoms with E-state index in [1.807, 2.05) is 49.1 Å². The molecule has 0 saturated carbocycles. The third kappa shape index (κ3) is 2.56. The van der Waals surface area contributed by atoms with E-state index in [1.165, 1.54) is 0 Å². The molecule has 0 N–H and O–H groups in total. The lowest BCUT2D eigenvalue weighted by Gasteiger charge is -2.03. The number of rotatable bonds is 4. The summed E-state index contributed by atoms with van der Waals surface area (Å²) in [6, 6.07) is 10.2. The second kappa shape index (κ2) is 5.34. The van der Waals surface area contributed by atoms with Crippen molar-refractivity contribution in [2.24, 2.45) is 7.05 Å². The first-order valence-corrected chi connectivity index (χ1v) is 5.68. The molecule has 0 aliphatic heterocycles. The van der Waals surface area contributed by atoms with Crippen LogP contribution < -0.4 is 0 Å². The van der Waals surface area contributed by atoms with Crippen LogP contribution >= 0.6 is 0 Å². The average Bonchev–Trinajstić information content (AvgIpc) is 2.72. The lowest BCUT2D eigenvalue weighted by molar-refractivity contribution is 0.272. The lowest BCUT2D eigenvalue weighted by Crippen LogP contribution is -1.90. The van der Waals surface area contributed by atoms with Gasteiger partial charge >= 0.3 is 0 Å². The minimum absolute atomic E-state index is 0.671. The zero-order valence-corrected chi connectivity index (χ0v) is 10.1. The zero-order valence-electron chi connectivity index (χ0n) is 10.1. The molecule has 88 valence electrons. The molecule has 0 bridgehead atoms. The molecule has 2 aromatic rings. The van der Waals surface area contributed by atoms with Gasteiger partial charge < -0.3 is 9.30 Å². The van der Waals surface area contributed by atoms with Crippen molar-refractivity contribution < 1.29 is 4.74 Å². The van der Waals surface area contributed by atoms with Gasteiger partial charge in [-0.15, -0.1) is 0 Å². The number of hydrogen-bond acceptors (Lipinski definition) is 2. The van der Waals surface area contributed by atoms with E-state index in [1.54, 1.807) is 6.26 Å². The number of aromatic nitrogens is 2. The second-order valence-corrected chi connectivity index (χ2v) is 3.71. The minimum Gasteiger partial charge on any atom is -0.501 e. The SMILES string of the molecule is CCO/C=C/c1ncn(C)c1-c1ccccc1. The van der Waals surface area contributed by atoms with E-state index in [0.29, 0.717) is 6.61 Å². The summed E-state index contributed by atoms with van der Waals surface area (Å²) in [7, 11) is 1.99. The van der Waals surface area contributed by atoms with Gasteiger partial charge in [-0.2, -0.15) is 0 Å². The van der Waals surface area contributed by atoms with Crippen LogP contribution in [0.4, 0.5) is 0 Å². The predicted molar refractivity (Wildman–Crippen MR) is 69.3 cm³/mol. The van der Waals surface area contributed by atoms with E-state index in [0.717, 1.165) is 17.0 Å². The molecule has 0 spiro atoms. The summed E-state index contributed by atoms with van der Waals surface area (Å²) in [6.45, 7) is 2.63. The van der Waals surface area contributed by atoms with Crippen molar-refractivity contribution >= 4 is 6.08 Å². The summed E-state index contributed by atoms with van der Waals surface area (Å²) in [5.74, 6) is 0. The average molecular weight is 228 g/mol. The summed E-state index contributed by atoms with van der Waals surface area (Å²) in [5, 5.41) is 0. The van der Waals surface area contributed by atoms with E-state index < -0.39 is 0 Å². The van der Waals surface area contributed by atoms with E-state index in [-0.39, 0.29) is 0 Å². The fourth-order valence-corrected chi connectivity index (χ4v) is 1.73. The summed E-state index contributed by atoms with van der Waals surface area (Å²) >= 11 is 0. The molecule has 1 heterocycles. The number of benzene rings is 1. The Balaban J connectivity index is 2.36. The van der Waals surface area contributed by atoms with E-state index >= 15 is 0 Å². The van der Waals surface area contributed by atoms with Gasteiger partial charge in [-0.1, -0.05) is 30.3 Å². The lowest BCUT2D eigenvalue weighted by atomic mass is 10.1. The van der Waals surface area contributed by atoms with Crippen molar-refractivity contribution in [3.05, 3.63) is 48.6 Å². The van der Waals surface area contributed by atoms with Crippen LogP contribution in [0.15, 0.2) is 42.9 Å². The maximum Gasteiger partial charge on any atom is 0.0955 e. The Kier molecular flexibility index (Phi) is 3.60. The topological polar surface area (TPSA) is 27.1 Å². The van der Waals surface area contributed by atoms with Gasteiger partial charge in [0.15, 0.2) is 0 Å². The van der Waals surface area contributed by atoms with Crippen molar-refractivity contribution in [1.29, 1.82) is 0 Å². The highest BCUT2D eigenvalue weighted by Crippen LogP contribution is 2.23. The summed E-state index contributed by atoms with van der Waals surface area (Å²) in [6.07, 6.45) is 5.40. The Morgan fingerprint density at radius 2 is 2.06 bits per heavy atom. The Morgan fingerprint density at radius 3 is 2.76 bits per heavy atom. The summed E-state index contributed by atoms with van der Waals surface area (Å²) in [4.78, 5) is 4.36. The molecule has 2 rings (SSSR count). The Morgan fingerprint density at radius 1 is 1.29 bits per heavy atom. The van der Waals surface area contributed by atoms with Crippen LogP contribution in [0, 0.1) is 0 Å². The normalized spacial score (nSPS) is 10.9. The Labute approximate surface area is 101 Å². The van der Waals surface area contributed by atoms with Gasteiger partial charge in [0.2, 0.25) is 0 Å². The van der Waals surface area contributed by atoms with E-state index in [9.17, 15) is 0 Å². The maximum atomic E-state index is 5.21. The van der Waals surface area contributed by atoms with Crippen molar-refractivity contribution in [3.63, 3.8) is 0 Å². The number of hydrogen-bond donors (Lipinski definition) is 0.